The number of carboxylic acid groups (broad SMARTS) is 1. The van der Waals surface area contributed by atoms with Gasteiger partial charge in [0, 0.05) is 13.1 Å². The molecule has 1 aliphatic rings. The normalized spacial score (nSPS) is 19.9. The van der Waals surface area contributed by atoms with E-state index in [1.54, 1.807) is 6.92 Å². The number of hydrogen-bond acceptors (Lipinski definition) is 2. The van der Waals surface area contributed by atoms with Gasteiger partial charge in [-0.05, 0) is 31.0 Å². The first-order valence-corrected chi connectivity index (χ1v) is 6.36. The summed E-state index contributed by atoms with van der Waals surface area (Å²) in [6, 6.07) is 3.35. The molecule has 0 spiro atoms. The van der Waals surface area contributed by atoms with Gasteiger partial charge in [0.15, 0.2) is 11.6 Å². The molecule has 0 radical (unpaired) electrons. The number of hydrogen-bond donors (Lipinski definition) is 1. The highest BCUT2D eigenvalue weighted by molar-refractivity contribution is 5.84. The van der Waals surface area contributed by atoms with Gasteiger partial charge < -0.3 is 10.0 Å². The van der Waals surface area contributed by atoms with E-state index in [0.29, 0.717) is 18.5 Å². The predicted molar refractivity (Wildman–Crippen MR) is 67.1 cm³/mol. The van der Waals surface area contributed by atoms with Crippen LogP contribution in [-0.2, 0) is 9.59 Å². The van der Waals surface area contributed by atoms with Crippen LogP contribution < -0.4 is 0 Å². The molecule has 1 aliphatic heterocycles. The predicted octanol–water partition coefficient (Wildman–Crippen LogP) is 2.00. The Labute approximate surface area is 115 Å². The smallest absolute Gasteiger partial charge is 0.308 e. The zero-order chi connectivity index (χ0) is 14.9. The molecule has 2 unspecified atom stereocenters. The summed E-state index contributed by atoms with van der Waals surface area (Å²) in [7, 11) is 0. The molecule has 1 heterocycles. The molecule has 20 heavy (non-hydrogen) atoms. The van der Waals surface area contributed by atoms with E-state index in [0.717, 1.165) is 12.1 Å². The van der Waals surface area contributed by atoms with Gasteiger partial charge in [0.2, 0.25) is 5.91 Å². The minimum atomic E-state index is -0.994. The molecule has 2 atom stereocenters. The van der Waals surface area contributed by atoms with Crippen molar-refractivity contribution >= 4 is 11.9 Å². The number of carbonyl (C=O) groups excluding carboxylic acids is 1. The van der Waals surface area contributed by atoms with Crippen molar-refractivity contribution in [3.05, 3.63) is 35.4 Å². The second-order valence-corrected chi connectivity index (χ2v) is 5.00. The first-order valence-electron chi connectivity index (χ1n) is 6.36. The van der Waals surface area contributed by atoms with E-state index in [1.165, 1.54) is 11.0 Å². The third kappa shape index (κ3) is 2.79. The Balaban J connectivity index is 2.09. The summed E-state index contributed by atoms with van der Waals surface area (Å²) in [5.74, 6) is -4.30. The third-order valence-corrected chi connectivity index (χ3v) is 3.66. The molecule has 6 heteroatoms. The largest absolute Gasteiger partial charge is 0.481 e. The Morgan fingerprint density at radius 2 is 2.05 bits per heavy atom. The molecular formula is C14H15F2NO3. The van der Waals surface area contributed by atoms with Crippen molar-refractivity contribution in [3.8, 4) is 0 Å². The summed E-state index contributed by atoms with van der Waals surface area (Å²) in [5.41, 5.74) is 0.382. The van der Waals surface area contributed by atoms with Gasteiger partial charge in [0.05, 0.1) is 11.8 Å². The Kier molecular flexibility index (Phi) is 4.01. The molecule has 4 nitrogen and oxygen atoms in total. The molecule has 1 N–H and O–H groups in total. The van der Waals surface area contributed by atoms with Crippen molar-refractivity contribution in [2.75, 3.05) is 13.1 Å². The number of amides is 1. The van der Waals surface area contributed by atoms with Crippen LogP contribution in [0, 0.1) is 17.6 Å². The van der Waals surface area contributed by atoms with Crippen LogP contribution in [-0.4, -0.2) is 35.0 Å². The number of carbonyl (C=O) groups is 2. The lowest BCUT2D eigenvalue weighted by molar-refractivity contribution is -0.141. The Morgan fingerprint density at radius 1 is 1.35 bits per heavy atom. The number of aliphatic carboxylic acids is 1. The van der Waals surface area contributed by atoms with Crippen LogP contribution in [0.1, 0.15) is 24.8 Å². The van der Waals surface area contributed by atoms with Crippen LogP contribution in [0.5, 0.6) is 0 Å². The average molecular weight is 283 g/mol. The highest BCUT2D eigenvalue weighted by Crippen LogP contribution is 2.24. The van der Waals surface area contributed by atoms with Crippen molar-refractivity contribution < 1.29 is 23.5 Å². The Morgan fingerprint density at radius 3 is 2.60 bits per heavy atom. The molecule has 0 aromatic heterocycles. The monoisotopic (exact) mass is 283 g/mol. The van der Waals surface area contributed by atoms with E-state index in [1.807, 2.05) is 0 Å². The average Bonchev–Trinajstić information content (AvgIpc) is 2.90. The van der Waals surface area contributed by atoms with Gasteiger partial charge in [-0.1, -0.05) is 6.07 Å². The lowest BCUT2D eigenvalue weighted by atomic mass is 9.99. The second-order valence-electron chi connectivity index (χ2n) is 5.00. The molecular weight excluding hydrogens is 268 g/mol. The minimum Gasteiger partial charge on any atom is -0.481 e. The van der Waals surface area contributed by atoms with Crippen molar-refractivity contribution in [3.63, 3.8) is 0 Å². The summed E-state index contributed by atoms with van der Waals surface area (Å²) < 4.78 is 26.0. The standard InChI is InChI=1S/C14H15F2NO3/c1-8(9-2-3-11(15)12(16)6-9)13(18)17-5-4-10(7-17)14(19)20/h2-3,6,8,10H,4-5,7H2,1H3,(H,19,20). The maximum atomic E-state index is 13.2. The number of nitrogens with zero attached hydrogens (tertiary/aromatic N) is 1. The van der Waals surface area contributed by atoms with Crippen LogP contribution in [0.4, 0.5) is 8.78 Å². The molecule has 1 fully saturated rings. The van der Waals surface area contributed by atoms with Gasteiger partial charge in [0.25, 0.3) is 0 Å². The summed E-state index contributed by atoms with van der Waals surface area (Å²) in [4.78, 5) is 24.6. The van der Waals surface area contributed by atoms with E-state index in [9.17, 15) is 18.4 Å². The van der Waals surface area contributed by atoms with Gasteiger partial charge in [-0.3, -0.25) is 9.59 Å². The molecule has 1 amide bonds. The molecule has 1 saturated heterocycles. The quantitative estimate of drug-likeness (QED) is 0.923. The third-order valence-electron chi connectivity index (χ3n) is 3.66. The zero-order valence-electron chi connectivity index (χ0n) is 11.0. The van der Waals surface area contributed by atoms with E-state index in [4.69, 9.17) is 5.11 Å². The van der Waals surface area contributed by atoms with Crippen LogP contribution in [0.2, 0.25) is 0 Å². The van der Waals surface area contributed by atoms with Crippen LogP contribution in [0.25, 0.3) is 0 Å². The zero-order valence-corrected chi connectivity index (χ0v) is 11.0. The number of carboxylic acids is 1. The van der Waals surface area contributed by atoms with Crippen molar-refractivity contribution in [2.24, 2.45) is 5.92 Å². The minimum absolute atomic E-state index is 0.169. The molecule has 0 bridgehead atoms. The van der Waals surface area contributed by atoms with Gasteiger partial charge in [-0.15, -0.1) is 0 Å². The van der Waals surface area contributed by atoms with Crippen molar-refractivity contribution in [1.82, 2.24) is 4.90 Å². The lowest BCUT2D eigenvalue weighted by Gasteiger charge is -2.21. The summed E-state index contributed by atoms with van der Waals surface area (Å²) >= 11 is 0. The van der Waals surface area contributed by atoms with Crippen LogP contribution in [0.3, 0.4) is 0 Å². The highest BCUT2D eigenvalue weighted by atomic mass is 19.2. The van der Waals surface area contributed by atoms with Crippen molar-refractivity contribution in [1.29, 1.82) is 0 Å². The molecule has 0 aliphatic carbocycles. The molecule has 1 aromatic carbocycles. The number of rotatable bonds is 3. The Hall–Kier alpha value is -1.98. The van der Waals surface area contributed by atoms with Gasteiger partial charge in [-0.2, -0.15) is 0 Å². The van der Waals surface area contributed by atoms with E-state index in [-0.39, 0.29) is 12.5 Å². The molecule has 108 valence electrons. The first kappa shape index (κ1) is 14.4. The van der Waals surface area contributed by atoms with Gasteiger partial charge >= 0.3 is 5.97 Å². The summed E-state index contributed by atoms with van der Waals surface area (Å²) in [6.45, 7) is 2.15. The van der Waals surface area contributed by atoms with Gasteiger partial charge in [0.1, 0.15) is 0 Å². The van der Waals surface area contributed by atoms with E-state index >= 15 is 0 Å². The fraction of sp³-hybridized carbons (Fsp3) is 0.429. The molecule has 1 aromatic rings. The molecule has 2 rings (SSSR count). The first-order chi connectivity index (χ1) is 9.40. The van der Waals surface area contributed by atoms with E-state index < -0.39 is 29.4 Å². The molecule has 0 saturated carbocycles. The lowest BCUT2D eigenvalue weighted by Crippen LogP contribution is -2.33. The Bertz CT molecular complexity index is 547. The number of benzene rings is 1. The van der Waals surface area contributed by atoms with Crippen LogP contribution in [0.15, 0.2) is 18.2 Å². The van der Waals surface area contributed by atoms with Crippen molar-refractivity contribution in [2.45, 2.75) is 19.3 Å². The summed E-state index contributed by atoms with van der Waals surface area (Å²) in [6.07, 6.45) is 0.422. The fourth-order valence-corrected chi connectivity index (χ4v) is 2.36. The summed E-state index contributed by atoms with van der Waals surface area (Å²) in [5, 5.41) is 8.91. The van der Waals surface area contributed by atoms with Gasteiger partial charge in [-0.25, -0.2) is 8.78 Å². The van der Waals surface area contributed by atoms with Crippen LogP contribution >= 0.6 is 0 Å². The SMILES string of the molecule is CC(C(=O)N1CCC(C(=O)O)C1)c1ccc(F)c(F)c1. The number of likely N-dealkylation sites (tertiary alicyclic amines) is 1. The second kappa shape index (κ2) is 5.56. The maximum absolute atomic E-state index is 13.2. The number of halogens is 2. The maximum Gasteiger partial charge on any atom is 0.308 e. The highest BCUT2D eigenvalue weighted by Gasteiger charge is 2.33. The topological polar surface area (TPSA) is 57.6 Å². The fourth-order valence-electron chi connectivity index (χ4n) is 2.36. The van der Waals surface area contributed by atoms with E-state index in [2.05, 4.69) is 0 Å².